The van der Waals surface area contributed by atoms with Gasteiger partial charge in [-0.3, -0.25) is 4.79 Å². The molecule has 0 saturated carbocycles. The third kappa shape index (κ3) is 5.17. The number of hydrogen-bond donors (Lipinski definition) is 0. The van der Waals surface area contributed by atoms with Gasteiger partial charge in [-0.15, -0.1) is 0 Å². The normalized spacial score (nSPS) is 16.4. The molecule has 2 aliphatic rings. The molecule has 2 heterocycles. The van der Waals surface area contributed by atoms with Gasteiger partial charge in [-0.1, -0.05) is 30.3 Å². The van der Waals surface area contributed by atoms with Crippen LogP contribution in [0.15, 0.2) is 53.4 Å². The quantitative estimate of drug-likeness (QED) is 0.642. The van der Waals surface area contributed by atoms with E-state index >= 15 is 0 Å². The van der Waals surface area contributed by atoms with E-state index < -0.39 is 10.0 Å². The van der Waals surface area contributed by atoms with E-state index in [0.29, 0.717) is 57.4 Å². The zero-order chi connectivity index (χ0) is 21.7. The molecule has 1 fully saturated rings. The third-order valence-electron chi connectivity index (χ3n) is 5.32. The van der Waals surface area contributed by atoms with E-state index in [2.05, 4.69) is 0 Å². The molecule has 0 radical (unpaired) electrons. The number of morpholine rings is 1. The van der Waals surface area contributed by atoms with E-state index in [1.807, 2.05) is 30.3 Å². The van der Waals surface area contributed by atoms with Crippen LogP contribution in [-0.4, -0.2) is 76.1 Å². The molecular formula is C22H26N2O6S. The van der Waals surface area contributed by atoms with Gasteiger partial charge in [0.15, 0.2) is 11.5 Å². The van der Waals surface area contributed by atoms with Crippen molar-refractivity contribution in [3.63, 3.8) is 0 Å². The molecule has 0 unspecified atom stereocenters. The molecule has 9 heteroatoms. The first-order valence-corrected chi connectivity index (χ1v) is 11.8. The minimum Gasteiger partial charge on any atom is -0.486 e. The van der Waals surface area contributed by atoms with Crippen molar-refractivity contribution in [1.82, 2.24) is 9.21 Å². The van der Waals surface area contributed by atoms with Gasteiger partial charge in [0.2, 0.25) is 15.9 Å². The number of carbonyl (C=O) groups excluding carboxylic acids is 1. The van der Waals surface area contributed by atoms with Crippen molar-refractivity contribution in [3.8, 4) is 11.5 Å². The Balaban J connectivity index is 1.57. The van der Waals surface area contributed by atoms with Crippen LogP contribution in [0, 0.1) is 0 Å². The first-order valence-electron chi connectivity index (χ1n) is 10.3. The van der Waals surface area contributed by atoms with Crippen molar-refractivity contribution in [2.75, 3.05) is 52.6 Å². The zero-order valence-corrected chi connectivity index (χ0v) is 18.1. The molecule has 0 aromatic heterocycles. The summed E-state index contributed by atoms with van der Waals surface area (Å²) in [6, 6.07) is 14.2. The molecule has 2 aromatic rings. The largest absolute Gasteiger partial charge is 0.486 e. The second-order valence-corrected chi connectivity index (χ2v) is 9.31. The standard InChI is InChI=1S/C22H26N2O6S/c25-22(23-10-12-28-13-11-23)17-24(9-8-18-4-2-1-3-5-18)31(26,27)19-6-7-20-21(16-19)30-15-14-29-20/h1-7,16H,8-15,17H2. The fourth-order valence-corrected chi connectivity index (χ4v) is 4.99. The lowest BCUT2D eigenvalue weighted by Gasteiger charge is -2.30. The lowest BCUT2D eigenvalue weighted by atomic mass is 10.1. The summed E-state index contributed by atoms with van der Waals surface area (Å²) in [5.41, 5.74) is 1.00. The lowest BCUT2D eigenvalue weighted by Crippen LogP contribution is -2.47. The van der Waals surface area contributed by atoms with Gasteiger partial charge >= 0.3 is 0 Å². The molecule has 1 saturated heterocycles. The number of ether oxygens (including phenoxy) is 3. The second kappa shape index (κ2) is 9.67. The average Bonchev–Trinajstić information content (AvgIpc) is 2.82. The fourth-order valence-electron chi connectivity index (χ4n) is 3.58. The highest BCUT2D eigenvalue weighted by Gasteiger charge is 2.30. The van der Waals surface area contributed by atoms with Crippen molar-refractivity contribution in [2.24, 2.45) is 0 Å². The summed E-state index contributed by atoms with van der Waals surface area (Å²) in [6.45, 7) is 2.63. The molecule has 0 spiro atoms. The summed E-state index contributed by atoms with van der Waals surface area (Å²) in [6.07, 6.45) is 0.501. The topological polar surface area (TPSA) is 85.4 Å². The highest BCUT2D eigenvalue weighted by Crippen LogP contribution is 2.33. The third-order valence-corrected chi connectivity index (χ3v) is 7.16. The number of hydrogen-bond acceptors (Lipinski definition) is 6. The summed E-state index contributed by atoms with van der Waals surface area (Å²) in [7, 11) is -3.92. The molecule has 2 aliphatic heterocycles. The molecule has 166 valence electrons. The predicted molar refractivity (Wildman–Crippen MR) is 114 cm³/mol. The molecule has 4 rings (SSSR count). The molecule has 0 aliphatic carbocycles. The first kappa shape index (κ1) is 21.6. The Labute approximate surface area is 182 Å². The molecular weight excluding hydrogens is 420 g/mol. The highest BCUT2D eigenvalue weighted by atomic mass is 32.2. The number of fused-ring (bicyclic) bond motifs is 1. The van der Waals surface area contributed by atoms with Gasteiger partial charge in [0.1, 0.15) is 13.2 Å². The Morgan fingerprint density at radius 3 is 2.39 bits per heavy atom. The first-order chi connectivity index (χ1) is 15.0. The van der Waals surface area contributed by atoms with E-state index in [0.717, 1.165) is 5.56 Å². The average molecular weight is 447 g/mol. The van der Waals surface area contributed by atoms with Crippen molar-refractivity contribution in [2.45, 2.75) is 11.3 Å². The van der Waals surface area contributed by atoms with Gasteiger partial charge in [0.25, 0.3) is 0 Å². The Hall–Kier alpha value is -2.62. The van der Waals surface area contributed by atoms with E-state index in [-0.39, 0.29) is 23.9 Å². The molecule has 2 aromatic carbocycles. The van der Waals surface area contributed by atoms with Crippen molar-refractivity contribution in [3.05, 3.63) is 54.1 Å². The minimum absolute atomic E-state index is 0.0830. The van der Waals surface area contributed by atoms with Crippen LogP contribution in [0.2, 0.25) is 0 Å². The summed E-state index contributed by atoms with van der Waals surface area (Å²) in [5, 5.41) is 0. The Kier molecular flexibility index (Phi) is 6.74. The molecule has 8 nitrogen and oxygen atoms in total. The highest BCUT2D eigenvalue weighted by molar-refractivity contribution is 7.89. The van der Waals surface area contributed by atoms with E-state index in [9.17, 15) is 13.2 Å². The van der Waals surface area contributed by atoms with Crippen LogP contribution >= 0.6 is 0 Å². The maximum atomic E-state index is 13.5. The Morgan fingerprint density at radius 1 is 0.935 bits per heavy atom. The molecule has 0 N–H and O–H groups in total. The minimum atomic E-state index is -3.92. The van der Waals surface area contributed by atoms with E-state index in [1.54, 1.807) is 11.0 Å². The van der Waals surface area contributed by atoms with Gasteiger partial charge in [0, 0.05) is 25.7 Å². The van der Waals surface area contributed by atoms with E-state index in [4.69, 9.17) is 14.2 Å². The van der Waals surface area contributed by atoms with Crippen LogP contribution in [0.3, 0.4) is 0 Å². The number of rotatable bonds is 7. The summed E-state index contributed by atoms with van der Waals surface area (Å²) in [4.78, 5) is 14.6. The molecule has 1 amide bonds. The Morgan fingerprint density at radius 2 is 1.65 bits per heavy atom. The van der Waals surface area contributed by atoms with Gasteiger partial charge in [0.05, 0.1) is 24.7 Å². The maximum absolute atomic E-state index is 13.5. The molecule has 0 bridgehead atoms. The van der Waals surface area contributed by atoms with Gasteiger partial charge in [-0.2, -0.15) is 4.31 Å². The van der Waals surface area contributed by atoms with Gasteiger partial charge in [-0.05, 0) is 24.1 Å². The van der Waals surface area contributed by atoms with Crippen LogP contribution in [-0.2, 0) is 26.0 Å². The van der Waals surface area contributed by atoms with Crippen LogP contribution in [0.4, 0.5) is 0 Å². The van der Waals surface area contributed by atoms with Crippen LogP contribution in [0.5, 0.6) is 11.5 Å². The lowest BCUT2D eigenvalue weighted by molar-refractivity contribution is -0.135. The van der Waals surface area contributed by atoms with Gasteiger partial charge < -0.3 is 19.1 Å². The van der Waals surface area contributed by atoms with Crippen LogP contribution in [0.25, 0.3) is 0 Å². The molecule has 0 atom stereocenters. The maximum Gasteiger partial charge on any atom is 0.243 e. The fraction of sp³-hybridized carbons (Fsp3) is 0.409. The summed E-state index contributed by atoms with van der Waals surface area (Å²) in [5.74, 6) is 0.692. The van der Waals surface area contributed by atoms with Crippen LogP contribution < -0.4 is 9.47 Å². The number of nitrogens with zero attached hydrogens (tertiary/aromatic N) is 2. The SMILES string of the molecule is O=C(CN(CCc1ccccc1)S(=O)(=O)c1ccc2c(c1)OCCO2)N1CCOCC1. The number of carbonyl (C=O) groups is 1. The second-order valence-electron chi connectivity index (χ2n) is 7.37. The number of amides is 1. The van der Waals surface area contributed by atoms with Crippen LogP contribution in [0.1, 0.15) is 5.56 Å². The monoisotopic (exact) mass is 446 g/mol. The van der Waals surface area contributed by atoms with Crippen molar-refractivity contribution < 1.29 is 27.4 Å². The van der Waals surface area contributed by atoms with E-state index in [1.165, 1.54) is 16.4 Å². The van der Waals surface area contributed by atoms with Crippen molar-refractivity contribution >= 4 is 15.9 Å². The number of sulfonamides is 1. The van der Waals surface area contributed by atoms with Gasteiger partial charge in [-0.25, -0.2) is 8.42 Å². The van der Waals surface area contributed by atoms with Crippen molar-refractivity contribution in [1.29, 1.82) is 0 Å². The smallest absolute Gasteiger partial charge is 0.243 e. The summed E-state index contributed by atoms with van der Waals surface area (Å²) < 4.78 is 44.6. The zero-order valence-electron chi connectivity index (χ0n) is 17.2. The Bertz CT molecular complexity index is 1010. The number of benzene rings is 2. The summed E-state index contributed by atoms with van der Waals surface area (Å²) >= 11 is 0. The predicted octanol–water partition coefficient (Wildman–Crippen LogP) is 1.55. The molecule has 31 heavy (non-hydrogen) atoms.